The Hall–Kier alpha value is -0.860. The molecular weight excluding hydrogens is 220 g/mol. The number of nitrogens with zero attached hydrogens (tertiary/aromatic N) is 1. The van der Waals surface area contributed by atoms with Crippen molar-refractivity contribution in [2.45, 2.75) is 45.2 Å². The van der Waals surface area contributed by atoms with E-state index in [0.717, 1.165) is 13.1 Å². The fourth-order valence-electron chi connectivity index (χ4n) is 2.71. The lowest BCUT2D eigenvalue weighted by molar-refractivity contribution is 0.185. The van der Waals surface area contributed by atoms with Crippen LogP contribution < -0.4 is 5.32 Å². The van der Waals surface area contributed by atoms with Crippen LogP contribution in [0.15, 0.2) is 30.3 Å². The molecule has 1 aliphatic rings. The summed E-state index contributed by atoms with van der Waals surface area (Å²) in [5, 5.41) is 3.65. The molecule has 2 nitrogen and oxygen atoms in total. The predicted molar refractivity (Wildman–Crippen MR) is 77.7 cm³/mol. The van der Waals surface area contributed by atoms with Gasteiger partial charge in [-0.3, -0.25) is 4.90 Å². The molecule has 2 heteroatoms. The maximum absolute atomic E-state index is 3.65. The molecule has 1 fully saturated rings. The molecule has 1 unspecified atom stereocenters. The van der Waals surface area contributed by atoms with Gasteiger partial charge in [0.2, 0.25) is 0 Å². The zero-order chi connectivity index (χ0) is 12.6. The van der Waals surface area contributed by atoms with Gasteiger partial charge in [-0.05, 0) is 12.0 Å². The lowest BCUT2D eigenvalue weighted by Gasteiger charge is -2.33. The van der Waals surface area contributed by atoms with Crippen molar-refractivity contribution in [3.63, 3.8) is 0 Å². The minimum Gasteiger partial charge on any atom is -0.311 e. The van der Waals surface area contributed by atoms with Gasteiger partial charge in [0.05, 0.1) is 0 Å². The van der Waals surface area contributed by atoms with Crippen LogP contribution in [0.1, 0.15) is 38.2 Å². The molecule has 1 atom stereocenters. The van der Waals surface area contributed by atoms with E-state index in [-0.39, 0.29) is 0 Å². The van der Waals surface area contributed by atoms with E-state index in [1.807, 2.05) is 0 Å². The highest BCUT2D eigenvalue weighted by atomic mass is 15.2. The van der Waals surface area contributed by atoms with Crippen LogP contribution in [0.3, 0.4) is 0 Å². The molecular formula is C16H26N2. The highest BCUT2D eigenvalue weighted by Crippen LogP contribution is 2.11. The molecule has 0 bridgehead atoms. The topological polar surface area (TPSA) is 15.3 Å². The second kappa shape index (κ2) is 7.55. The molecule has 0 amide bonds. The summed E-state index contributed by atoms with van der Waals surface area (Å²) in [6.45, 7) is 6.91. The lowest BCUT2D eigenvalue weighted by atomic mass is 10.1. The van der Waals surface area contributed by atoms with E-state index in [4.69, 9.17) is 0 Å². The molecule has 1 saturated heterocycles. The van der Waals surface area contributed by atoms with Crippen LogP contribution in [0.2, 0.25) is 0 Å². The summed E-state index contributed by atoms with van der Waals surface area (Å²) in [6, 6.07) is 11.5. The Labute approximate surface area is 111 Å². The van der Waals surface area contributed by atoms with Crippen molar-refractivity contribution in [2.75, 3.05) is 19.6 Å². The molecule has 0 aliphatic carbocycles. The standard InChI is InChI=1S/C16H26N2/c1-2-3-5-10-16-14-18(12-11-17-16)13-15-8-6-4-7-9-15/h4,6-9,16-17H,2-3,5,10-14H2,1H3. The smallest absolute Gasteiger partial charge is 0.0234 e. The number of benzene rings is 1. The molecule has 1 heterocycles. The minimum absolute atomic E-state index is 0.703. The van der Waals surface area contributed by atoms with Crippen molar-refractivity contribution in [3.8, 4) is 0 Å². The van der Waals surface area contributed by atoms with E-state index >= 15 is 0 Å². The fourth-order valence-corrected chi connectivity index (χ4v) is 2.71. The Balaban J connectivity index is 1.76. The predicted octanol–water partition coefficient (Wildman–Crippen LogP) is 3.04. The number of hydrogen-bond donors (Lipinski definition) is 1. The van der Waals surface area contributed by atoms with Gasteiger partial charge in [0.15, 0.2) is 0 Å². The first kappa shape index (κ1) is 13.6. The molecule has 2 rings (SSSR count). The van der Waals surface area contributed by atoms with Crippen molar-refractivity contribution in [1.82, 2.24) is 10.2 Å². The third-order valence-electron chi connectivity index (χ3n) is 3.74. The maximum Gasteiger partial charge on any atom is 0.0234 e. The largest absolute Gasteiger partial charge is 0.311 e. The summed E-state index contributed by atoms with van der Waals surface area (Å²) < 4.78 is 0. The minimum atomic E-state index is 0.703. The first-order valence-electron chi connectivity index (χ1n) is 7.38. The highest BCUT2D eigenvalue weighted by Gasteiger charge is 2.18. The molecule has 0 spiro atoms. The lowest BCUT2D eigenvalue weighted by Crippen LogP contribution is -2.50. The first-order chi connectivity index (χ1) is 8.88. The molecule has 0 aromatic heterocycles. The molecule has 1 aromatic rings. The SMILES string of the molecule is CCCCCC1CN(Cc2ccccc2)CCN1. The van der Waals surface area contributed by atoms with Crippen LogP contribution in [-0.2, 0) is 6.54 Å². The summed E-state index contributed by atoms with van der Waals surface area (Å²) >= 11 is 0. The van der Waals surface area contributed by atoms with E-state index in [1.54, 1.807) is 0 Å². The summed E-state index contributed by atoms with van der Waals surface area (Å²) in [5.74, 6) is 0. The van der Waals surface area contributed by atoms with Gasteiger partial charge in [0.25, 0.3) is 0 Å². The van der Waals surface area contributed by atoms with Gasteiger partial charge in [-0.2, -0.15) is 0 Å². The third-order valence-corrected chi connectivity index (χ3v) is 3.74. The zero-order valence-corrected chi connectivity index (χ0v) is 11.6. The van der Waals surface area contributed by atoms with E-state index in [2.05, 4.69) is 47.5 Å². The van der Waals surface area contributed by atoms with Gasteiger partial charge < -0.3 is 5.32 Å². The summed E-state index contributed by atoms with van der Waals surface area (Å²) in [4.78, 5) is 2.59. The molecule has 1 N–H and O–H groups in total. The summed E-state index contributed by atoms with van der Waals surface area (Å²) in [7, 11) is 0. The first-order valence-corrected chi connectivity index (χ1v) is 7.38. The number of piperazine rings is 1. The molecule has 0 saturated carbocycles. The molecule has 0 radical (unpaired) electrons. The Morgan fingerprint density at radius 2 is 2.06 bits per heavy atom. The van der Waals surface area contributed by atoms with E-state index in [0.29, 0.717) is 6.04 Å². The molecule has 1 aromatic carbocycles. The van der Waals surface area contributed by atoms with Crippen molar-refractivity contribution in [2.24, 2.45) is 0 Å². The Morgan fingerprint density at radius 3 is 2.83 bits per heavy atom. The van der Waals surface area contributed by atoms with E-state index in [9.17, 15) is 0 Å². The van der Waals surface area contributed by atoms with Crippen molar-refractivity contribution >= 4 is 0 Å². The quantitative estimate of drug-likeness (QED) is 0.776. The van der Waals surface area contributed by atoms with Crippen LogP contribution in [0.4, 0.5) is 0 Å². The second-order valence-electron chi connectivity index (χ2n) is 5.37. The maximum atomic E-state index is 3.65. The van der Waals surface area contributed by atoms with E-state index in [1.165, 1.54) is 44.3 Å². The summed E-state index contributed by atoms with van der Waals surface area (Å²) in [5.41, 5.74) is 1.44. The summed E-state index contributed by atoms with van der Waals surface area (Å²) in [6.07, 6.45) is 5.39. The number of rotatable bonds is 6. The second-order valence-corrected chi connectivity index (χ2v) is 5.37. The normalized spacial score (nSPS) is 21.1. The average molecular weight is 246 g/mol. The molecule has 100 valence electrons. The monoisotopic (exact) mass is 246 g/mol. The van der Waals surface area contributed by atoms with Crippen LogP contribution in [0, 0.1) is 0 Å². The van der Waals surface area contributed by atoms with Crippen LogP contribution in [0.25, 0.3) is 0 Å². The molecule has 18 heavy (non-hydrogen) atoms. The van der Waals surface area contributed by atoms with Gasteiger partial charge in [0.1, 0.15) is 0 Å². The Morgan fingerprint density at radius 1 is 1.22 bits per heavy atom. The van der Waals surface area contributed by atoms with Gasteiger partial charge in [0, 0.05) is 32.2 Å². The van der Waals surface area contributed by atoms with Gasteiger partial charge in [-0.1, -0.05) is 56.5 Å². The van der Waals surface area contributed by atoms with E-state index < -0.39 is 0 Å². The van der Waals surface area contributed by atoms with Gasteiger partial charge in [-0.25, -0.2) is 0 Å². The van der Waals surface area contributed by atoms with Crippen LogP contribution in [-0.4, -0.2) is 30.6 Å². The average Bonchev–Trinajstić information content (AvgIpc) is 2.41. The highest BCUT2D eigenvalue weighted by molar-refractivity contribution is 5.14. The van der Waals surface area contributed by atoms with Crippen molar-refractivity contribution in [1.29, 1.82) is 0 Å². The molecule has 1 aliphatic heterocycles. The van der Waals surface area contributed by atoms with Gasteiger partial charge in [-0.15, -0.1) is 0 Å². The van der Waals surface area contributed by atoms with Crippen LogP contribution in [0.5, 0.6) is 0 Å². The number of unbranched alkanes of at least 4 members (excludes halogenated alkanes) is 2. The Bertz CT molecular complexity index is 323. The van der Waals surface area contributed by atoms with Crippen molar-refractivity contribution < 1.29 is 0 Å². The Kier molecular flexibility index (Phi) is 5.69. The number of nitrogens with one attached hydrogen (secondary N) is 1. The van der Waals surface area contributed by atoms with Crippen LogP contribution >= 0.6 is 0 Å². The van der Waals surface area contributed by atoms with Crippen molar-refractivity contribution in [3.05, 3.63) is 35.9 Å². The van der Waals surface area contributed by atoms with Gasteiger partial charge >= 0.3 is 0 Å². The fraction of sp³-hybridized carbons (Fsp3) is 0.625. The number of hydrogen-bond acceptors (Lipinski definition) is 2. The third kappa shape index (κ3) is 4.43. The zero-order valence-electron chi connectivity index (χ0n) is 11.6.